The summed E-state index contributed by atoms with van der Waals surface area (Å²) in [5, 5.41) is 8.92. The first-order valence-electron chi connectivity index (χ1n) is 10.7. The van der Waals surface area contributed by atoms with E-state index in [2.05, 4.69) is 0 Å². The van der Waals surface area contributed by atoms with E-state index in [0.717, 1.165) is 17.7 Å². The van der Waals surface area contributed by atoms with Crippen molar-refractivity contribution in [2.45, 2.75) is 58.1 Å². The van der Waals surface area contributed by atoms with E-state index in [1.807, 2.05) is 12.1 Å². The molecule has 1 aliphatic heterocycles. The first-order chi connectivity index (χ1) is 14.9. The summed E-state index contributed by atoms with van der Waals surface area (Å²) in [5.41, 5.74) is 0.590. The fourth-order valence-corrected chi connectivity index (χ4v) is 4.35. The van der Waals surface area contributed by atoms with Crippen LogP contribution in [0.25, 0.3) is 0 Å². The number of amides is 3. The van der Waals surface area contributed by atoms with Gasteiger partial charge in [-0.15, -0.1) is 0 Å². The standard InChI is InChI=1S/C23H27N3O5/c1-15(26-21(28)18-11-6-7-12-19(18)22(26)29)23(30)31-16(2)20(27)25(14-8-13-24)17-9-4-3-5-10-17/h3-5,9-10,15-16,18-19H,6-8,11-12,14H2,1-2H3. The van der Waals surface area contributed by atoms with Crippen molar-refractivity contribution in [3.63, 3.8) is 0 Å². The minimum absolute atomic E-state index is 0.122. The maximum Gasteiger partial charge on any atom is 0.329 e. The molecule has 1 heterocycles. The number of benzene rings is 1. The Kier molecular flexibility index (Phi) is 7.06. The Morgan fingerprint density at radius 1 is 1.13 bits per heavy atom. The smallest absolute Gasteiger partial charge is 0.329 e. The second-order valence-corrected chi connectivity index (χ2v) is 8.03. The lowest BCUT2D eigenvalue weighted by Gasteiger charge is -2.27. The molecule has 1 aliphatic carbocycles. The van der Waals surface area contributed by atoms with E-state index in [1.54, 1.807) is 24.3 Å². The summed E-state index contributed by atoms with van der Waals surface area (Å²) in [5.74, 6) is -2.62. The Bertz CT molecular complexity index is 870. The lowest BCUT2D eigenvalue weighted by Crippen LogP contribution is -2.47. The highest BCUT2D eigenvalue weighted by Crippen LogP contribution is 2.39. The summed E-state index contributed by atoms with van der Waals surface area (Å²) in [6.45, 7) is 3.06. The SMILES string of the molecule is CC(OC(=O)C(C)N1C(=O)C2CCCCC2C1=O)C(=O)N(CCC#N)c1ccccc1. The minimum atomic E-state index is -1.14. The third-order valence-corrected chi connectivity index (χ3v) is 6.03. The van der Waals surface area contributed by atoms with E-state index in [0.29, 0.717) is 18.5 Å². The van der Waals surface area contributed by atoms with Crippen LogP contribution in [0.3, 0.4) is 0 Å². The molecule has 0 spiro atoms. The predicted molar refractivity (Wildman–Crippen MR) is 111 cm³/mol. The first-order valence-corrected chi connectivity index (χ1v) is 10.7. The van der Waals surface area contributed by atoms with Crippen LogP contribution in [0, 0.1) is 23.2 Å². The first kappa shape index (κ1) is 22.5. The highest BCUT2D eigenvalue weighted by Gasteiger charge is 2.51. The topological polar surface area (TPSA) is 108 Å². The van der Waals surface area contributed by atoms with Crippen molar-refractivity contribution in [2.75, 3.05) is 11.4 Å². The number of rotatable bonds is 7. The molecule has 31 heavy (non-hydrogen) atoms. The van der Waals surface area contributed by atoms with Gasteiger partial charge in [0, 0.05) is 12.2 Å². The average molecular weight is 425 g/mol. The van der Waals surface area contributed by atoms with E-state index < -0.39 is 24.0 Å². The van der Waals surface area contributed by atoms with Gasteiger partial charge in [-0.3, -0.25) is 19.3 Å². The number of carbonyl (C=O) groups excluding carboxylic acids is 4. The zero-order valence-electron chi connectivity index (χ0n) is 17.8. The zero-order chi connectivity index (χ0) is 22.5. The molecule has 3 amide bonds. The van der Waals surface area contributed by atoms with Gasteiger partial charge in [0.15, 0.2) is 6.10 Å². The van der Waals surface area contributed by atoms with Gasteiger partial charge in [0.1, 0.15) is 6.04 Å². The van der Waals surface area contributed by atoms with Crippen molar-refractivity contribution in [1.29, 1.82) is 5.26 Å². The van der Waals surface area contributed by atoms with Gasteiger partial charge in [-0.25, -0.2) is 4.79 Å². The van der Waals surface area contributed by atoms with Gasteiger partial charge in [0.25, 0.3) is 5.91 Å². The molecule has 8 heteroatoms. The molecule has 0 radical (unpaired) electrons. The second kappa shape index (κ2) is 9.73. The number of para-hydroxylation sites is 1. The van der Waals surface area contributed by atoms with E-state index in [9.17, 15) is 19.2 Å². The van der Waals surface area contributed by atoms with Crippen LogP contribution in [-0.2, 0) is 23.9 Å². The molecule has 2 fully saturated rings. The van der Waals surface area contributed by atoms with Crippen molar-refractivity contribution in [1.82, 2.24) is 4.90 Å². The second-order valence-electron chi connectivity index (χ2n) is 8.03. The Labute approximate surface area is 181 Å². The lowest BCUT2D eigenvalue weighted by molar-refractivity contribution is -0.163. The van der Waals surface area contributed by atoms with Gasteiger partial charge >= 0.3 is 5.97 Å². The van der Waals surface area contributed by atoms with Crippen molar-refractivity contribution in [3.8, 4) is 6.07 Å². The third-order valence-electron chi connectivity index (χ3n) is 6.03. The van der Waals surface area contributed by atoms with Crippen molar-refractivity contribution in [3.05, 3.63) is 30.3 Å². The minimum Gasteiger partial charge on any atom is -0.451 e. The normalized spacial score (nSPS) is 22.3. The Hall–Kier alpha value is -3.21. The predicted octanol–water partition coefficient (Wildman–Crippen LogP) is 2.43. The maximum absolute atomic E-state index is 13.0. The highest BCUT2D eigenvalue weighted by molar-refractivity contribution is 6.08. The molecule has 2 aliphatic rings. The number of hydrogen-bond donors (Lipinski definition) is 0. The summed E-state index contributed by atoms with van der Waals surface area (Å²) in [4.78, 5) is 53.5. The fraction of sp³-hybridized carbons (Fsp3) is 0.522. The number of carbonyl (C=O) groups is 4. The summed E-state index contributed by atoms with van der Waals surface area (Å²) in [6.07, 6.45) is 2.11. The van der Waals surface area contributed by atoms with Gasteiger partial charge in [0.2, 0.25) is 11.8 Å². The highest BCUT2D eigenvalue weighted by atomic mass is 16.5. The lowest BCUT2D eigenvalue weighted by atomic mass is 9.81. The van der Waals surface area contributed by atoms with E-state index in [1.165, 1.54) is 18.7 Å². The van der Waals surface area contributed by atoms with Crippen molar-refractivity contribution in [2.24, 2.45) is 11.8 Å². The molecular weight excluding hydrogens is 398 g/mol. The molecule has 4 unspecified atom stereocenters. The van der Waals surface area contributed by atoms with Gasteiger partial charge in [0.05, 0.1) is 24.3 Å². The van der Waals surface area contributed by atoms with Gasteiger partial charge in [-0.2, -0.15) is 5.26 Å². The van der Waals surface area contributed by atoms with Crippen LogP contribution >= 0.6 is 0 Å². The van der Waals surface area contributed by atoms with E-state index >= 15 is 0 Å². The van der Waals surface area contributed by atoms with Crippen LogP contribution in [-0.4, -0.2) is 47.3 Å². The molecule has 8 nitrogen and oxygen atoms in total. The quantitative estimate of drug-likeness (QED) is 0.490. The van der Waals surface area contributed by atoms with Crippen LogP contribution in [0.2, 0.25) is 0 Å². The van der Waals surface area contributed by atoms with Gasteiger partial charge in [-0.05, 0) is 38.8 Å². The zero-order valence-corrected chi connectivity index (χ0v) is 17.8. The summed E-state index contributed by atoms with van der Waals surface area (Å²) >= 11 is 0. The molecule has 0 bridgehead atoms. The van der Waals surface area contributed by atoms with Crippen LogP contribution in [0.1, 0.15) is 46.0 Å². The molecule has 1 saturated carbocycles. The van der Waals surface area contributed by atoms with E-state index in [4.69, 9.17) is 10.00 Å². The average Bonchev–Trinajstić information content (AvgIpc) is 3.04. The number of fused-ring (bicyclic) bond motifs is 1. The third kappa shape index (κ3) is 4.61. The largest absolute Gasteiger partial charge is 0.451 e. The van der Waals surface area contributed by atoms with Crippen LogP contribution < -0.4 is 4.90 Å². The molecule has 4 atom stereocenters. The molecule has 1 saturated heterocycles. The number of imide groups is 1. The molecular formula is C23H27N3O5. The number of anilines is 1. The number of nitriles is 1. The van der Waals surface area contributed by atoms with Crippen LogP contribution in [0.15, 0.2) is 30.3 Å². The van der Waals surface area contributed by atoms with Crippen LogP contribution in [0.4, 0.5) is 5.69 Å². The number of nitrogens with zero attached hydrogens (tertiary/aromatic N) is 3. The number of esters is 1. The molecule has 1 aromatic rings. The van der Waals surface area contributed by atoms with E-state index in [-0.39, 0.29) is 36.6 Å². The fourth-order valence-electron chi connectivity index (χ4n) is 4.35. The Balaban J connectivity index is 1.68. The molecule has 0 aromatic heterocycles. The number of hydrogen-bond acceptors (Lipinski definition) is 6. The van der Waals surface area contributed by atoms with Crippen molar-refractivity contribution >= 4 is 29.4 Å². The monoisotopic (exact) mass is 425 g/mol. The van der Waals surface area contributed by atoms with Crippen LogP contribution in [0.5, 0.6) is 0 Å². The molecule has 1 aromatic carbocycles. The Morgan fingerprint density at radius 2 is 1.71 bits per heavy atom. The maximum atomic E-state index is 13.0. The van der Waals surface area contributed by atoms with Gasteiger partial charge < -0.3 is 9.64 Å². The molecule has 164 valence electrons. The van der Waals surface area contributed by atoms with Crippen molar-refractivity contribution < 1.29 is 23.9 Å². The van der Waals surface area contributed by atoms with Gasteiger partial charge in [-0.1, -0.05) is 31.0 Å². The molecule has 3 rings (SSSR count). The number of likely N-dealkylation sites (tertiary alicyclic amines) is 1. The summed E-state index contributed by atoms with van der Waals surface area (Å²) < 4.78 is 5.36. The molecule has 0 N–H and O–H groups in total. The summed E-state index contributed by atoms with van der Waals surface area (Å²) in [6, 6.07) is 9.73. The Morgan fingerprint density at radius 3 is 2.26 bits per heavy atom. The number of ether oxygens (including phenoxy) is 1. The summed E-state index contributed by atoms with van der Waals surface area (Å²) in [7, 11) is 0.